The van der Waals surface area contributed by atoms with Crippen LogP contribution in [0.1, 0.15) is 45.6 Å². The number of hydrogen-bond acceptors (Lipinski definition) is 6. The zero-order valence-electron chi connectivity index (χ0n) is 20.3. The van der Waals surface area contributed by atoms with Gasteiger partial charge in [-0.1, -0.05) is 6.07 Å². The number of anilines is 1. The van der Waals surface area contributed by atoms with Crippen molar-refractivity contribution in [3.05, 3.63) is 41.0 Å². The number of cyclic esters (lactones) is 1. The molecule has 34 heavy (non-hydrogen) atoms. The highest BCUT2D eigenvalue weighted by Crippen LogP contribution is 2.32. The molecule has 1 aromatic carbocycles. The highest BCUT2D eigenvalue weighted by molar-refractivity contribution is 5.88. The van der Waals surface area contributed by atoms with Crippen molar-refractivity contribution in [1.29, 1.82) is 0 Å². The minimum absolute atomic E-state index is 0.346. The maximum atomic E-state index is 13.1. The second-order valence-electron chi connectivity index (χ2n) is 9.32. The van der Waals surface area contributed by atoms with Crippen molar-refractivity contribution in [3.63, 3.8) is 0 Å². The first-order chi connectivity index (χ1) is 16.1. The fourth-order valence-corrected chi connectivity index (χ4v) is 4.61. The molecule has 1 unspecified atom stereocenters. The first-order valence-corrected chi connectivity index (χ1v) is 12.0. The molecule has 0 radical (unpaired) electrons. The van der Waals surface area contributed by atoms with Crippen LogP contribution in [0.5, 0.6) is 0 Å². The molecule has 0 amide bonds. The molecule has 1 N–H and O–H groups in total. The van der Waals surface area contributed by atoms with Gasteiger partial charge in [0.15, 0.2) is 0 Å². The predicted molar refractivity (Wildman–Crippen MR) is 125 cm³/mol. The van der Waals surface area contributed by atoms with Crippen LogP contribution in [-0.4, -0.2) is 79.0 Å². The van der Waals surface area contributed by atoms with Crippen molar-refractivity contribution in [2.24, 2.45) is 0 Å². The van der Waals surface area contributed by atoms with E-state index in [4.69, 9.17) is 4.74 Å². The molecule has 2 aliphatic rings. The number of carbonyl (C=O) groups excluding carboxylic acids is 1. The lowest BCUT2D eigenvalue weighted by Gasteiger charge is -2.39. The van der Waals surface area contributed by atoms with Crippen LogP contribution in [0.25, 0.3) is 0 Å². The van der Waals surface area contributed by atoms with Crippen LogP contribution in [-0.2, 0) is 15.7 Å². The highest BCUT2D eigenvalue weighted by Gasteiger charge is 2.32. The third-order valence-electron chi connectivity index (χ3n) is 6.74. The number of piperazine rings is 1. The molecule has 1 saturated heterocycles. The Balaban J connectivity index is 1.68. The van der Waals surface area contributed by atoms with E-state index >= 15 is 0 Å². The molecular weight excluding hydrogens is 447 g/mol. The van der Waals surface area contributed by atoms with Crippen molar-refractivity contribution in [3.8, 4) is 0 Å². The molecule has 2 aliphatic heterocycles. The number of alkyl halides is 3. The van der Waals surface area contributed by atoms with Gasteiger partial charge in [-0.3, -0.25) is 4.90 Å². The summed E-state index contributed by atoms with van der Waals surface area (Å²) in [5, 5.41) is 11.2. The molecule has 1 fully saturated rings. The first-order valence-electron chi connectivity index (χ1n) is 12.0. The van der Waals surface area contributed by atoms with Crippen molar-refractivity contribution in [2.75, 3.05) is 50.8 Å². The molecule has 6 nitrogen and oxygen atoms in total. The Morgan fingerprint density at radius 3 is 2.32 bits per heavy atom. The van der Waals surface area contributed by atoms with Crippen LogP contribution < -0.4 is 4.90 Å². The number of benzene rings is 1. The van der Waals surface area contributed by atoms with E-state index in [1.54, 1.807) is 13.0 Å². The minimum Gasteiger partial charge on any atom is -0.462 e. The first kappa shape index (κ1) is 26.5. The summed E-state index contributed by atoms with van der Waals surface area (Å²) < 4.78 is 44.7. The summed E-state index contributed by atoms with van der Waals surface area (Å²) in [5.41, 5.74) is 0.972. The van der Waals surface area contributed by atoms with Crippen LogP contribution in [0, 0.1) is 0 Å². The van der Waals surface area contributed by atoms with E-state index in [9.17, 15) is 23.1 Å². The average molecular weight is 484 g/mol. The summed E-state index contributed by atoms with van der Waals surface area (Å²) in [6.45, 7) is 9.99. The monoisotopic (exact) mass is 483 g/mol. The summed E-state index contributed by atoms with van der Waals surface area (Å²) in [5.74, 6) is -0.394. The Morgan fingerprint density at radius 2 is 1.68 bits per heavy atom. The Hall–Kier alpha value is -2.10. The zero-order chi connectivity index (χ0) is 24.9. The Kier molecular flexibility index (Phi) is 9.01. The number of halogens is 3. The van der Waals surface area contributed by atoms with Gasteiger partial charge in [-0.15, -0.1) is 0 Å². The second-order valence-corrected chi connectivity index (χ2v) is 9.32. The van der Waals surface area contributed by atoms with Crippen LogP contribution in [0.2, 0.25) is 0 Å². The van der Waals surface area contributed by atoms with E-state index in [-0.39, 0.29) is 0 Å². The van der Waals surface area contributed by atoms with Crippen molar-refractivity contribution in [2.45, 2.75) is 58.5 Å². The van der Waals surface area contributed by atoms with Crippen LogP contribution in [0.15, 0.2) is 35.4 Å². The van der Waals surface area contributed by atoms with E-state index in [1.165, 1.54) is 12.1 Å². The molecule has 9 heteroatoms. The number of hydrogen-bond donors (Lipinski definition) is 1. The van der Waals surface area contributed by atoms with E-state index in [1.807, 2.05) is 9.80 Å². The SMILES string of the molecule is CC1=C(C(O)N2CCN(c3cccc(C(F)(F)F)c3)CC2)CCCN(C(C)C)CCCOC1=O. The van der Waals surface area contributed by atoms with Gasteiger partial charge in [0.05, 0.1) is 12.2 Å². The third-order valence-corrected chi connectivity index (χ3v) is 6.74. The van der Waals surface area contributed by atoms with Crippen LogP contribution >= 0.6 is 0 Å². The van der Waals surface area contributed by atoms with Crippen molar-refractivity contribution in [1.82, 2.24) is 9.80 Å². The fraction of sp³-hybridized carbons (Fsp3) is 0.640. The molecule has 1 aromatic rings. The lowest BCUT2D eigenvalue weighted by Crippen LogP contribution is -2.51. The maximum Gasteiger partial charge on any atom is 0.416 e. The molecule has 2 heterocycles. The lowest BCUT2D eigenvalue weighted by molar-refractivity contribution is -0.139. The molecule has 0 aliphatic carbocycles. The summed E-state index contributed by atoms with van der Waals surface area (Å²) >= 11 is 0. The number of rotatable bonds is 4. The Labute approximate surface area is 200 Å². The summed E-state index contributed by atoms with van der Waals surface area (Å²) in [7, 11) is 0. The molecule has 0 spiro atoms. The topological polar surface area (TPSA) is 56.3 Å². The number of aliphatic hydroxyl groups excluding tert-OH is 1. The fourth-order valence-electron chi connectivity index (χ4n) is 4.61. The maximum absolute atomic E-state index is 13.1. The minimum atomic E-state index is -4.38. The summed E-state index contributed by atoms with van der Waals surface area (Å²) in [6, 6.07) is 5.72. The third kappa shape index (κ3) is 6.73. The van der Waals surface area contributed by atoms with Crippen molar-refractivity contribution >= 4 is 11.7 Å². The molecular formula is C25H36F3N3O3. The van der Waals surface area contributed by atoms with Crippen LogP contribution in [0.4, 0.5) is 18.9 Å². The van der Waals surface area contributed by atoms with Gasteiger partial charge in [0.2, 0.25) is 0 Å². The number of carbonyl (C=O) groups is 1. The van der Waals surface area contributed by atoms with Gasteiger partial charge >= 0.3 is 12.1 Å². The van der Waals surface area contributed by atoms with Gasteiger partial charge in [0, 0.05) is 50.0 Å². The van der Waals surface area contributed by atoms with Gasteiger partial charge in [0.25, 0.3) is 0 Å². The van der Waals surface area contributed by atoms with E-state index in [0.29, 0.717) is 62.1 Å². The van der Waals surface area contributed by atoms with E-state index in [2.05, 4.69) is 18.7 Å². The molecule has 1 atom stereocenters. The van der Waals surface area contributed by atoms with Gasteiger partial charge in [-0.25, -0.2) is 4.79 Å². The molecule has 3 rings (SSSR count). The number of aliphatic hydroxyl groups is 1. The Morgan fingerprint density at radius 1 is 1.00 bits per heavy atom. The zero-order valence-corrected chi connectivity index (χ0v) is 20.3. The average Bonchev–Trinajstić information content (AvgIpc) is 2.84. The summed E-state index contributed by atoms with van der Waals surface area (Å²) in [6.07, 6.45) is -3.14. The number of nitrogens with zero attached hydrogens (tertiary/aromatic N) is 3. The molecule has 0 bridgehead atoms. The van der Waals surface area contributed by atoms with Gasteiger partial charge in [-0.2, -0.15) is 13.2 Å². The molecule has 0 aromatic heterocycles. The van der Waals surface area contributed by atoms with Gasteiger partial charge in [0.1, 0.15) is 6.23 Å². The lowest BCUT2D eigenvalue weighted by atomic mass is 10.0. The smallest absolute Gasteiger partial charge is 0.416 e. The van der Waals surface area contributed by atoms with Gasteiger partial charge < -0.3 is 19.6 Å². The second kappa shape index (κ2) is 11.6. The standard InChI is InChI=1S/C25H36F3N3O3/c1-18(2)29-10-5-9-22(19(3)24(33)34-16-6-11-29)23(32)31-14-12-30(13-15-31)21-8-4-7-20(17-21)25(26,27)28/h4,7-8,17-18,23,32H,5-6,9-16H2,1-3H3. The largest absolute Gasteiger partial charge is 0.462 e. The number of ether oxygens (including phenoxy) is 1. The molecule has 190 valence electrons. The molecule has 0 saturated carbocycles. The summed E-state index contributed by atoms with van der Waals surface area (Å²) in [4.78, 5) is 18.7. The normalized spacial score (nSPS) is 21.4. The van der Waals surface area contributed by atoms with Crippen LogP contribution in [0.3, 0.4) is 0 Å². The highest BCUT2D eigenvalue weighted by atomic mass is 19.4. The predicted octanol–water partition coefficient (Wildman–Crippen LogP) is 3.90. The Bertz CT molecular complexity index is 864. The quantitative estimate of drug-likeness (QED) is 0.656. The van der Waals surface area contributed by atoms with E-state index in [0.717, 1.165) is 32.0 Å². The van der Waals surface area contributed by atoms with Crippen molar-refractivity contribution < 1.29 is 27.8 Å². The van der Waals surface area contributed by atoms with Gasteiger partial charge in [-0.05, 0) is 70.4 Å². The number of esters is 1. The van der Waals surface area contributed by atoms with E-state index < -0.39 is 23.9 Å².